The molecular weight excluding hydrogens is 150 g/mol. The molecule has 1 rings (SSSR count). The summed E-state index contributed by atoms with van der Waals surface area (Å²) in [5.41, 5.74) is 0. The lowest BCUT2D eigenvalue weighted by molar-refractivity contribution is 0.159. The van der Waals surface area contributed by atoms with Gasteiger partial charge in [0.25, 0.3) is 0 Å². The molecule has 1 saturated carbocycles. The monoisotopic (exact) mass is 163 g/mol. The first-order chi connectivity index (χ1) is 4.70. The van der Waals surface area contributed by atoms with E-state index in [0.717, 1.165) is 19.3 Å². The molecule has 1 fully saturated rings. The van der Waals surface area contributed by atoms with Crippen molar-refractivity contribution >= 4 is 11.0 Å². The fraction of sp³-hybridized carbons (Fsp3) is 1.00. The van der Waals surface area contributed by atoms with Gasteiger partial charge in [0.1, 0.15) is 0 Å². The highest BCUT2D eigenvalue weighted by atomic mass is 32.2. The average Bonchev–Trinajstić information content (AvgIpc) is 2.15. The van der Waals surface area contributed by atoms with Crippen molar-refractivity contribution in [2.45, 2.75) is 31.4 Å². The number of hydrogen-bond donors (Lipinski definition) is 2. The van der Waals surface area contributed by atoms with Crippen LogP contribution >= 0.6 is 0 Å². The van der Waals surface area contributed by atoms with Crippen LogP contribution in [0.15, 0.2) is 0 Å². The highest BCUT2D eigenvalue weighted by molar-refractivity contribution is 7.82. The molecule has 4 heteroatoms. The van der Waals surface area contributed by atoms with E-state index in [2.05, 4.69) is 4.72 Å². The molecule has 0 amide bonds. The standard InChI is InChI=1S/C6H13NO2S/c1-10(9)7-5-3-2-4-6(5)8/h5-8H,2-4H2,1H3. The summed E-state index contributed by atoms with van der Waals surface area (Å²) in [6.07, 6.45) is 4.13. The summed E-state index contributed by atoms with van der Waals surface area (Å²) in [5, 5.41) is 9.24. The molecule has 3 unspecified atom stereocenters. The smallest absolute Gasteiger partial charge is 0.0887 e. The predicted molar refractivity (Wildman–Crippen MR) is 40.8 cm³/mol. The zero-order valence-corrected chi connectivity index (χ0v) is 6.86. The summed E-state index contributed by atoms with van der Waals surface area (Å²) >= 11 is 0. The Bertz CT molecular complexity index is 140. The first-order valence-electron chi connectivity index (χ1n) is 3.48. The summed E-state index contributed by atoms with van der Waals surface area (Å²) in [6.45, 7) is 0. The maximum atomic E-state index is 10.6. The van der Waals surface area contributed by atoms with Gasteiger partial charge < -0.3 is 5.11 Å². The Morgan fingerprint density at radius 1 is 1.60 bits per heavy atom. The lowest BCUT2D eigenvalue weighted by Gasteiger charge is -2.13. The van der Waals surface area contributed by atoms with E-state index < -0.39 is 11.0 Å². The lowest BCUT2D eigenvalue weighted by Crippen LogP contribution is -2.36. The zero-order chi connectivity index (χ0) is 7.56. The van der Waals surface area contributed by atoms with Crippen LogP contribution < -0.4 is 4.72 Å². The summed E-state index contributed by atoms with van der Waals surface area (Å²) in [5.74, 6) is 0. The number of rotatable bonds is 2. The van der Waals surface area contributed by atoms with Gasteiger partial charge in [0.05, 0.1) is 17.1 Å². The molecule has 1 aliphatic rings. The molecule has 3 nitrogen and oxygen atoms in total. The van der Waals surface area contributed by atoms with Crippen LogP contribution in [0.5, 0.6) is 0 Å². The average molecular weight is 163 g/mol. The van der Waals surface area contributed by atoms with Gasteiger partial charge in [-0.3, -0.25) is 0 Å². The normalized spacial score (nSPS) is 36.2. The van der Waals surface area contributed by atoms with Gasteiger partial charge in [-0.05, 0) is 19.3 Å². The first kappa shape index (κ1) is 8.17. The second kappa shape index (κ2) is 3.46. The van der Waals surface area contributed by atoms with Crippen molar-refractivity contribution in [1.82, 2.24) is 4.72 Å². The Kier molecular flexibility index (Phi) is 2.82. The minimum atomic E-state index is -0.986. The van der Waals surface area contributed by atoms with Gasteiger partial charge in [0.2, 0.25) is 0 Å². The summed E-state index contributed by atoms with van der Waals surface area (Å²) < 4.78 is 13.4. The Labute approximate surface area is 63.4 Å². The third-order valence-corrected chi connectivity index (χ3v) is 2.43. The van der Waals surface area contributed by atoms with Crippen molar-refractivity contribution in [3.05, 3.63) is 0 Å². The fourth-order valence-electron chi connectivity index (χ4n) is 1.29. The van der Waals surface area contributed by atoms with Crippen molar-refractivity contribution in [1.29, 1.82) is 0 Å². The van der Waals surface area contributed by atoms with Crippen LogP contribution in [-0.2, 0) is 11.0 Å². The van der Waals surface area contributed by atoms with Crippen LogP contribution in [0.1, 0.15) is 19.3 Å². The third kappa shape index (κ3) is 2.04. The van der Waals surface area contributed by atoms with Crippen molar-refractivity contribution in [2.24, 2.45) is 0 Å². The van der Waals surface area contributed by atoms with Gasteiger partial charge in [-0.25, -0.2) is 8.93 Å². The van der Waals surface area contributed by atoms with Crippen LogP contribution in [0, 0.1) is 0 Å². The number of aliphatic hydroxyl groups is 1. The minimum absolute atomic E-state index is 0.0610. The lowest BCUT2D eigenvalue weighted by atomic mass is 10.2. The van der Waals surface area contributed by atoms with E-state index in [1.807, 2.05) is 0 Å². The quantitative estimate of drug-likeness (QED) is 0.591. The molecule has 0 heterocycles. The van der Waals surface area contributed by atoms with Crippen LogP contribution in [0.2, 0.25) is 0 Å². The number of hydrogen-bond acceptors (Lipinski definition) is 2. The molecule has 0 aromatic heterocycles. The Morgan fingerprint density at radius 3 is 2.70 bits per heavy atom. The molecule has 0 aromatic carbocycles. The molecule has 0 saturated heterocycles. The van der Waals surface area contributed by atoms with E-state index in [0.29, 0.717) is 0 Å². The fourth-order valence-corrected chi connectivity index (χ4v) is 1.99. The summed E-state index contributed by atoms with van der Waals surface area (Å²) in [6, 6.07) is 0.0610. The van der Waals surface area contributed by atoms with Crippen molar-refractivity contribution in [3.8, 4) is 0 Å². The van der Waals surface area contributed by atoms with Gasteiger partial charge in [-0.1, -0.05) is 0 Å². The van der Waals surface area contributed by atoms with Gasteiger partial charge >= 0.3 is 0 Å². The van der Waals surface area contributed by atoms with Crippen LogP contribution in [0.25, 0.3) is 0 Å². The van der Waals surface area contributed by atoms with Gasteiger partial charge in [0, 0.05) is 12.3 Å². The highest BCUT2D eigenvalue weighted by Gasteiger charge is 2.25. The molecule has 3 atom stereocenters. The predicted octanol–water partition coefficient (Wildman–Crippen LogP) is -0.217. The Hall–Kier alpha value is 0.0700. The minimum Gasteiger partial charge on any atom is -0.391 e. The third-order valence-electron chi connectivity index (χ3n) is 1.80. The van der Waals surface area contributed by atoms with Gasteiger partial charge in [-0.2, -0.15) is 0 Å². The zero-order valence-electron chi connectivity index (χ0n) is 6.04. The van der Waals surface area contributed by atoms with Gasteiger partial charge in [-0.15, -0.1) is 0 Å². The summed E-state index contributed by atoms with van der Waals surface area (Å²) in [4.78, 5) is 0. The van der Waals surface area contributed by atoms with E-state index in [-0.39, 0.29) is 12.1 Å². The van der Waals surface area contributed by atoms with E-state index >= 15 is 0 Å². The van der Waals surface area contributed by atoms with E-state index in [1.54, 1.807) is 6.26 Å². The molecule has 0 aromatic rings. The molecule has 0 bridgehead atoms. The molecule has 0 radical (unpaired) electrons. The largest absolute Gasteiger partial charge is 0.391 e. The van der Waals surface area contributed by atoms with Crippen molar-refractivity contribution in [3.63, 3.8) is 0 Å². The number of aliphatic hydroxyl groups excluding tert-OH is 1. The highest BCUT2D eigenvalue weighted by Crippen LogP contribution is 2.18. The van der Waals surface area contributed by atoms with Gasteiger partial charge in [0.15, 0.2) is 0 Å². The second-order valence-electron chi connectivity index (χ2n) is 2.68. The molecule has 60 valence electrons. The maximum Gasteiger partial charge on any atom is 0.0887 e. The van der Waals surface area contributed by atoms with Crippen LogP contribution in [0.4, 0.5) is 0 Å². The number of nitrogens with one attached hydrogen (secondary N) is 1. The second-order valence-corrected chi connectivity index (χ2v) is 3.82. The first-order valence-corrected chi connectivity index (χ1v) is 5.03. The van der Waals surface area contributed by atoms with E-state index in [4.69, 9.17) is 0 Å². The van der Waals surface area contributed by atoms with Crippen molar-refractivity contribution < 1.29 is 9.32 Å². The van der Waals surface area contributed by atoms with Crippen LogP contribution in [0.3, 0.4) is 0 Å². The Balaban J connectivity index is 2.33. The molecular formula is C6H13NO2S. The molecule has 1 aliphatic carbocycles. The molecule has 2 N–H and O–H groups in total. The Morgan fingerprint density at radius 2 is 2.30 bits per heavy atom. The molecule has 10 heavy (non-hydrogen) atoms. The summed E-state index contributed by atoms with van der Waals surface area (Å²) in [7, 11) is -0.986. The molecule has 0 spiro atoms. The maximum absolute atomic E-state index is 10.6. The van der Waals surface area contributed by atoms with E-state index in [9.17, 15) is 9.32 Å². The topological polar surface area (TPSA) is 49.3 Å². The van der Waals surface area contributed by atoms with E-state index in [1.165, 1.54) is 0 Å². The molecule has 0 aliphatic heterocycles. The van der Waals surface area contributed by atoms with Crippen molar-refractivity contribution in [2.75, 3.05) is 6.26 Å². The SMILES string of the molecule is CS(=O)NC1CCCC1O. The van der Waals surface area contributed by atoms with Crippen LogP contribution in [-0.4, -0.2) is 27.7 Å².